The average Bonchev–Trinajstić information content (AvgIpc) is 2.97. The van der Waals surface area contributed by atoms with Gasteiger partial charge in [0, 0.05) is 23.2 Å². The van der Waals surface area contributed by atoms with E-state index >= 15 is 0 Å². The van der Waals surface area contributed by atoms with Gasteiger partial charge in [-0.3, -0.25) is 0 Å². The minimum Gasteiger partial charge on any atom is -0.367 e. The van der Waals surface area contributed by atoms with Gasteiger partial charge in [0.05, 0.1) is 11.1 Å². The minimum atomic E-state index is -2.97. The first-order chi connectivity index (χ1) is 11.8. The van der Waals surface area contributed by atoms with Crippen LogP contribution in [-0.4, -0.2) is 36.4 Å². The first-order valence-corrected chi connectivity index (χ1v) is 11.0. The van der Waals surface area contributed by atoms with Gasteiger partial charge in [0.15, 0.2) is 0 Å². The lowest BCUT2D eigenvalue weighted by atomic mass is 10.1. The summed E-state index contributed by atoms with van der Waals surface area (Å²) in [7, 11) is -2.97. The molecule has 0 aliphatic heterocycles. The zero-order chi connectivity index (χ0) is 18.0. The van der Waals surface area contributed by atoms with Crippen LogP contribution in [0.1, 0.15) is 19.2 Å². The number of thiophene rings is 1. The Hall–Kier alpha value is -1.99. The summed E-state index contributed by atoms with van der Waals surface area (Å²) >= 11 is 1.59. The number of aryl methyl sites for hydroxylation is 1. The van der Waals surface area contributed by atoms with E-state index < -0.39 is 9.84 Å². The largest absolute Gasteiger partial charge is 0.367 e. The molecule has 5 nitrogen and oxygen atoms in total. The molecule has 0 fully saturated rings. The normalized spacial score (nSPS) is 13.1. The van der Waals surface area contributed by atoms with E-state index in [1.807, 2.05) is 32.0 Å². The van der Waals surface area contributed by atoms with Crippen molar-refractivity contribution >= 4 is 37.2 Å². The molecular formula is C18H21N3O2S2. The van der Waals surface area contributed by atoms with Crippen LogP contribution in [0.5, 0.6) is 0 Å². The molecule has 3 aromatic rings. The third-order valence-corrected chi connectivity index (χ3v) is 5.78. The molecule has 0 saturated heterocycles. The number of nitrogens with zero attached hydrogens (tertiary/aromatic N) is 2. The van der Waals surface area contributed by atoms with Gasteiger partial charge in [-0.25, -0.2) is 18.4 Å². The Morgan fingerprint density at radius 2 is 1.92 bits per heavy atom. The van der Waals surface area contributed by atoms with Crippen LogP contribution >= 0.6 is 11.3 Å². The number of benzene rings is 1. The molecule has 1 N–H and O–H groups in total. The van der Waals surface area contributed by atoms with Crippen LogP contribution in [-0.2, 0) is 9.84 Å². The SMILES string of the molecule is Cc1nc(NC(C)CCS(C)(=O)=O)c2c(-c3ccccc3)csc2n1. The molecule has 0 radical (unpaired) electrons. The summed E-state index contributed by atoms with van der Waals surface area (Å²) in [6, 6.07) is 10.1. The second kappa shape index (κ2) is 7.09. The number of rotatable bonds is 6. The first kappa shape index (κ1) is 17.8. The van der Waals surface area contributed by atoms with E-state index in [0.717, 1.165) is 27.2 Å². The summed E-state index contributed by atoms with van der Waals surface area (Å²) in [5.41, 5.74) is 2.21. The molecule has 2 aromatic heterocycles. The van der Waals surface area contributed by atoms with Crippen molar-refractivity contribution in [2.45, 2.75) is 26.3 Å². The number of aromatic nitrogens is 2. The smallest absolute Gasteiger partial charge is 0.147 e. The van der Waals surface area contributed by atoms with Crippen molar-refractivity contribution in [3.8, 4) is 11.1 Å². The summed E-state index contributed by atoms with van der Waals surface area (Å²) in [5, 5.41) is 6.48. The van der Waals surface area contributed by atoms with E-state index in [4.69, 9.17) is 0 Å². The standard InChI is InChI=1S/C18H21N3O2S2/c1-12(9-10-25(3,22)23)19-17-16-15(14-7-5-4-6-8-14)11-24-18(16)21-13(2)20-17/h4-8,11-12H,9-10H2,1-3H3,(H,19,20,21). The molecule has 1 aromatic carbocycles. The van der Waals surface area contributed by atoms with Crippen LogP contribution in [0.4, 0.5) is 5.82 Å². The molecule has 0 saturated carbocycles. The molecule has 0 spiro atoms. The molecule has 0 bridgehead atoms. The Balaban J connectivity index is 1.98. The Morgan fingerprint density at radius 3 is 2.60 bits per heavy atom. The summed E-state index contributed by atoms with van der Waals surface area (Å²) in [4.78, 5) is 10.1. The Morgan fingerprint density at radius 1 is 1.20 bits per heavy atom. The number of fused-ring (bicyclic) bond motifs is 1. The van der Waals surface area contributed by atoms with E-state index in [2.05, 4.69) is 32.8 Å². The summed E-state index contributed by atoms with van der Waals surface area (Å²) < 4.78 is 22.8. The molecule has 2 heterocycles. The highest BCUT2D eigenvalue weighted by atomic mass is 32.2. The van der Waals surface area contributed by atoms with Crippen molar-refractivity contribution in [3.63, 3.8) is 0 Å². The molecule has 0 aliphatic carbocycles. The van der Waals surface area contributed by atoms with Gasteiger partial charge >= 0.3 is 0 Å². The number of nitrogens with one attached hydrogen (secondary N) is 1. The van der Waals surface area contributed by atoms with Crippen LogP contribution in [0.2, 0.25) is 0 Å². The monoisotopic (exact) mass is 375 g/mol. The fourth-order valence-electron chi connectivity index (χ4n) is 2.68. The molecular weight excluding hydrogens is 354 g/mol. The predicted molar refractivity (Wildman–Crippen MR) is 105 cm³/mol. The van der Waals surface area contributed by atoms with Crippen molar-refractivity contribution in [2.24, 2.45) is 0 Å². The average molecular weight is 376 g/mol. The molecule has 0 aliphatic rings. The number of hydrogen-bond donors (Lipinski definition) is 1. The third-order valence-electron chi connectivity index (χ3n) is 3.93. The molecule has 1 atom stereocenters. The zero-order valence-electron chi connectivity index (χ0n) is 14.5. The highest BCUT2D eigenvalue weighted by Gasteiger charge is 2.16. The van der Waals surface area contributed by atoms with Gasteiger partial charge in [-0.1, -0.05) is 30.3 Å². The lowest BCUT2D eigenvalue weighted by Crippen LogP contribution is -2.20. The van der Waals surface area contributed by atoms with Gasteiger partial charge in [0.1, 0.15) is 26.3 Å². The van der Waals surface area contributed by atoms with Crippen LogP contribution in [0.15, 0.2) is 35.7 Å². The fraction of sp³-hybridized carbons (Fsp3) is 0.333. The van der Waals surface area contributed by atoms with Gasteiger partial charge in [-0.15, -0.1) is 11.3 Å². The Labute approximate surface area is 152 Å². The summed E-state index contributed by atoms with van der Waals surface area (Å²) in [5.74, 6) is 1.62. The number of sulfone groups is 1. The third kappa shape index (κ3) is 4.35. The lowest BCUT2D eigenvalue weighted by molar-refractivity contribution is 0.595. The van der Waals surface area contributed by atoms with Crippen molar-refractivity contribution in [3.05, 3.63) is 41.5 Å². The van der Waals surface area contributed by atoms with Gasteiger partial charge in [-0.05, 0) is 25.8 Å². The molecule has 132 valence electrons. The molecule has 1 unspecified atom stereocenters. The topological polar surface area (TPSA) is 72.0 Å². The van der Waals surface area contributed by atoms with Crippen molar-refractivity contribution in [1.82, 2.24) is 9.97 Å². The predicted octanol–water partition coefficient (Wildman–Crippen LogP) is 3.90. The van der Waals surface area contributed by atoms with Crippen LogP contribution < -0.4 is 5.32 Å². The quantitative estimate of drug-likeness (QED) is 0.707. The minimum absolute atomic E-state index is 0.00394. The maximum absolute atomic E-state index is 11.4. The maximum atomic E-state index is 11.4. The van der Waals surface area contributed by atoms with Gasteiger partial charge in [0.25, 0.3) is 0 Å². The van der Waals surface area contributed by atoms with Crippen molar-refractivity contribution in [1.29, 1.82) is 0 Å². The van der Waals surface area contributed by atoms with E-state index in [9.17, 15) is 8.42 Å². The molecule has 25 heavy (non-hydrogen) atoms. The highest BCUT2D eigenvalue weighted by molar-refractivity contribution is 7.90. The summed E-state index contributed by atoms with van der Waals surface area (Å²) in [6.45, 7) is 3.84. The molecule has 7 heteroatoms. The molecule has 0 amide bonds. The van der Waals surface area contributed by atoms with E-state index in [-0.39, 0.29) is 11.8 Å². The van der Waals surface area contributed by atoms with Crippen LogP contribution in [0.25, 0.3) is 21.3 Å². The van der Waals surface area contributed by atoms with Gasteiger partial charge < -0.3 is 5.32 Å². The van der Waals surface area contributed by atoms with Crippen LogP contribution in [0, 0.1) is 6.92 Å². The molecule has 3 rings (SSSR count). The number of anilines is 1. The maximum Gasteiger partial charge on any atom is 0.147 e. The van der Waals surface area contributed by atoms with Gasteiger partial charge in [-0.2, -0.15) is 0 Å². The first-order valence-electron chi connectivity index (χ1n) is 8.09. The van der Waals surface area contributed by atoms with Crippen molar-refractivity contribution in [2.75, 3.05) is 17.3 Å². The second-order valence-electron chi connectivity index (χ2n) is 6.28. The summed E-state index contributed by atoms with van der Waals surface area (Å²) in [6.07, 6.45) is 1.80. The lowest BCUT2D eigenvalue weighted by Gasteiger charge is -2.16. The van der Waals surface area contributed by atoms with E-state index in [0.29, 0.717) is 12.2 Å². The fourth-order valence-corrected chi connectivity index (χ4v) is 4.45. The Bertz CT molecular complexity index is 982. The Kier molecular flexibility index (Phi) is 5.06. The van der Waals surface area contributed by atoms with E-state index in [1.54, 1.807) is 11.3 Å². The second-order valence-corrected chi connectivity index (χ2v) is 9.40. The number of hydrogen-bond acceptors (Lipinski definition) is 6. The highest BCUT2D eigenvalue weighted by Crippen LogP contribution is 2.37. The zero-order valence-corrected chi connectivity index (χ0v) is 16.1. The van der Waals surface area contributed by atoms with Crippen LogP contribution in [0.3, 0.4) is 0 Å². The van der Waals surface area contributed by atoms with Crippen molar-refractivity contribution < 1.29 is 8.42 Å². The van der Waals surface area contributed by atoms with Gasteiger partial charge in [0.2, 0.25) is 0 Å². The van der Waals surface area contributed by atoms with E-state index in [1.165, 1.54) is 6.26 Å².